The highest BCUT2D eigenvalue weighted by atomic mass is 35.5. The quantitative estimate of drug-likeness (QED) is 0.429. The van der Waals surface area contributed by atoms with Crippen LogP contribution >= 0.6 is 22.9 Å². The summed E-state index contributed by atoms with van der Waals surface area (Å²) >= 11 is 7.44. The van der Waals surface area contributed by atoms with Gasteiger partial charge in [0.15, 0.2) is 5.13 Å². The average molecular weight is 494 g/mol. The molecule has 0 radical (unpaired) electrons. The SMILES string of the molecule is Cc1cc(Cl)cc2sc(NC(=O)c3ccc(S(=O)(=O)N(CC(C)C)CC(C)C)cc3)nc12. The Morgan fingerprint density at radius 1 is 1.09 bits per heavy atom. The summed E-state index contributed by atoms with van der Waals surface area (Å²) in [6, 6.07) is 9.68. The predicted molar refractivity (Wildman–Crippen MR) is 132 cm³/mol. The number of hydrogen-bond donors (Lipinski definition) is 1. The summed E-state index contributed by atoms with van der Waals surface area (Å²) in [4.78, 5) is 17.4. The van der Waals surface area contributed by atoms with Gasteiger partial charge in [0.1, 0.15) is 0 Å². The molecule has 1 amide bonds. The van der Waals surface area contributed by atoms with Gasteiger partial charge >= 0.3 is 0 Å². The zero-order valence-corrected chi connectivity index (χ0v) is 21.2. The Bertz CT molecular complexity index is 1210. The van der Waals surface area contributed by atoms with Crippen molar-refractivity contribution in [3.8, 4) is 0 Å². The second-order valence-electron chi connectivity index (χ2n) is 8.68. The topological polar surface area (TPSA) is 79.4 Å². The van der Waals surface area contributed by atoms with Crippen molar-refractivity contribution in [3.63, 3.8) is 0 Å². The van der Waals surface area contributed by atoms with Gasteiger partial charge in [0.05, 0.1) is 15.1 Å². The molecule has 6 nitrogen and oxygen atoms in total. The standard InChI is InChI=1S/C23H28ClN3O3S2/c1-14(2)12-27(13-15(3)4)32(29,30)19-8-6-17(7-9-19)22(28)26-23-25-21-16(5)10-18(24)11-20(21)31-23/h6-11,14-15H,12-13H2,1-5H3,(H,25,26,28). The number of benzene rings is 2. The smallest absolute Gasteiger partial charge is 0.257 e. The van der Waals surface area contributed by atoms with Gasteiger partial charge in [-0.1, -0.05) is 50.6 Å². The summed E-state index contributed by atoms with van der Waals surface area (Å²) in [6.07, 6.45) is 0. The van der Waals surface area contributed by atoms with E-state index in [-0.39, 0.29) is 22.6 Å². The monoisotopic (exact) mass is 493 g/mol. The average Bonchev–Trinajstić information content (AvgIpc) is 3.09. The number of fused-ring (bicyclic) bond motifs is 1. The van der Waals surface area contributed by atoms with Gasteiger partial charge < -0.3 is 0 Å². The highest BCUT2D eigenvalue weighted by molar-refractivity contribution is 7.89. The number of nitrogens with zero attached hydrogens (tertiary/aromatic N) is 2. The second-order valence-corrected chi connectivity index (χ2v) is 12.1. The van der Waals surface area contributed by atoms with E-state index in [1.165, 1.54) is 39.9 Å². The van der Waals surface area contributed by atoms with E-state index in [0.29, 0.717) is 28.8 Å². The van der Waals surface area contributed by atoms with Gasteiger partial charge in [-0.3, -0.25) is 10.1 Å². The Kier molecular flexibility index (Phi) is 7.60. The highest BCUT2D eigenvalue weighted by Crippen LogP contribution is 2.31. The highest BCUT2D eigenvalue weighted by Gasteiger charge is 2.26. The lowest BCUT2D eigenvalue weighted by Gasteiger charge is -2.25. The lowest BCUT2D eigenvalue weighted by atomic mass is 10.2. The molecule has 3 aromatic rings. The van der Waals surface area contributed by atoms with Crippen LogP contribution in [0.2, 0.25) is 5.02 Å². The molecule has 172 valence electrons. The maximum atomic E-state index is 13.1. The third kappa shape index (κ3) is 5.67. The number of thiazole rings is 1. The van der Waals surface area contributed by atoms with Gasteiger partial charge in [0.25, 0.3) is 5.91 Å². The molecule has 0 spiro atoms. The van der Waals surface area contributed by atoms with Crippen LogP contribution in [0.25, 0.3) is 10.2 Å². The fourth-order valence-corrected chi connectivity index (χ4v) is 6.47. The first-order valence-electron chi connectivity index (χ1n) is 10.5. The van der Waals surface area contributed by atoms with Crippen LogP contribution in [0.3, 0.4) is 0 Å². The molecule has 0 unspecified atom stereocenters. The first-order chi connectivity index (χ1) is 15.0. The van der Waals surface area contributed by atoms with Crippen molar-refractivity contribution in [2.75, 3.05) is 18.4 Å². The maximum Gasteiger partial charge on any atom is 0.257 e. The van der Waals surface area contributed by atoms with Crippen LogP contribution < -0.4 is 5.32 Å². The van der Waals surface area contributed by atoms with Crippen molar-refractivity contribution >= 4 is 54.2 Å². The number of anilines is 1. The summed E-state index contributed by atoms with van der Waals surface area (Å²) in [5.41, 5.74) is 2.09. The molecule has 1 N–H and O–H groups in total. The van der Waals surface area contributed by atoms with E-state index in [2.05, 4.69) is 10.3 Å². The van der Waals surface area contributed by atoms with Crippen LogP contribution in [-0.4, -0.2) is 36.7 Å². The van der Waals surface area contributed by atoms with E-state index in [0.717, 1.165) is 15.8 Å². The second kappa shape index (κ2) is 9.87. The van der Waals surface area contributed by atoms with Gasteiger partial charge in [-0.05, 0) is 60.7 Å². The molecule has 0 saturated carbocycles. The largest absolute Gasteiger partial charge is 0.298 e. The van der Waals surface area contributed by atoms with Gasteiger partial charge in [-0.15, -0.1) is 0 Å². The fourth-order valence-electron chi connectivity index (χ4n) is 3.39. The van der Waals surface area contributed by atoms with Gasteiger partial charge in [0.2, 0.25) is 10.0 Å². The molecule has 0 aliphatic rings. The Morgan fingerprint density at radius 3 is 2.25 bits per heavy atom. The van der Waals surface area contributed by atoms with Crippen LogP contribution in [0, 0.1) is 18.8 Å². The molecule has 1 aromatic heterocycles. The van der Waals surface area contributed by atoms with Crippen molar-refractivity contribution in [2.45, 2.75) is 39.5 Å². The van der Waals surface area contributed by atoms with Gasteiger partial charge in [0, 0.05) is 23.7 Å². The molecule has 0 fully saturated rings. The fraction of sp³-hybridized carbons (Fsp3) is 0.391. The van der Waals surface area contributed by atoms with Crippen LogP contribution in [-0.2, 0) is 10.0 Å². The number of rotatable bonds is 8. The van der Waals surface area contributed by atoms with E-state index in [4.69, 9.17) is 11.6 Å². The molecule has 0 aliphatic heterocycles. The zero-order chi connectivity index (χ0) is 23.6. The minimum Gasteiger partial charge on any atom is -0.298 e. The number of sulfonamides is 1. The molecule has 1 heterocycles. The predicted octanol–water partition coefficient (Wildman–Crippen LogP) is 5.81. The minimum absolute atomic E-state index is 0.181. The summed E-state index contributed by atoms with van der Waals surface area (Å²) in [7, 11) is -3.64. The Balaban J connectivity index is 1.79. The summed E-state index contributed by atoms with van der Waals surface area (Å²) < 4.78 is 28.7. The molecule has 0 bridgehead atoms. The van der Waals surface area contributed by atoms with E-state index >= 15 is 0 Å². The summed E-state index contributed by atoms with van der Waals surface area (Å²) in [5, 5.41) is 3.88. The lowest BCUT2D eigenvalue weighted by molar-refractivity contribution is 0.102. The number of carbonyl (C=O) groups is 1. The normalized spacial score (nSPS) is 12.3. The number of amides is 1. The molecule has 0 saturated heterocycles. The summed E-state index contributed by atoms with van der Waals surface area (Å²) in [6.45, 7) is 10.8. The molecule has 9 heteroatoms. The number of halogens is 1. The number of nitrogens with one attached hydrogen (secondary N) is 1. The van der Waals surface area contributed by atoms with Crippen LogP contribution in [0.15, 0.2) is 41.3 Å². The molecule has 3 rings (SSSR count). The number of hydrogen-bond acceptors (Lipinski definition) is 5. The van der Waals surface area contributed by atoms with E-state index in [9.17, 15) is 13.2 Å². The van der Waals surface area contributed by atoms with Gasteiger partial charge in [-0.25, -0.2) is 13.4 Å². The first kappa shape index (κ1) is 24.6. The van der Waals surface area contributed by atoms with Crippen LogP contribution in [0.1, 0.15) is 43.6 Å². The van der Waals surface area contributed by atoms with E-state index < -0.39 is 10.0 Å². The molecular weight excluding hydrogens is 466 g/mol. The van der Waals surface area contributed by atoms with E-state index in [1.54, 1.807) is 0 Å². The van der Waals surface area contributed by atoms with Crippen molar-refractivity contribution in [1.82, 2.24) is 9.29 Å². The number of carbonyl (C=O) groups excluding carboxylic acids is 1. The third-order valence-electron chi connectivity index (χ3n) is 4.76. The Morgan fingerprint density at radius 2 is 1.69 bits per heavy atom. The van der Waals surface area contributed by atoms with Crippen molar-refractivity contribution in [2.24, 2.45) is 11.8 Å². The molecular formula is C23H28ClN3O3S2. The molecule has 0 atom stereocenters. The summed E-state index contributed by atoms with van der Waals surface area (Å²) in [5.74, 6) is 0.0692. The first-order valence-corrected chi connectivity index (χ1v) is 13.1. The van der Waals surface area contributed by atoms with Crippen molar-refractivity contribution in [1.29, 1.82) is 0 Å². The Labute approximate surface area is 198 Å². The van der Waals surface area contributed by atoms with E-state index in [1.807, 2.05) is 46.8 Å². The maximum absolute atomic E-state index is 13.1. The lowest BCUT2D eigenvalue weighted by Crippen LogP contribution is -2.37. The molecule has 0 aliphatic carbocycles. The zero-order valence-electron chi connectivity index (χ0n) is 18.8. The number of aryl methyl sites for hydroxylation is 1. The van der Waals surface area contributed by atoms with Gasteiger partial charge in [-0.2, -0.15) is 4.31 Å². The molecule has 32 heavy (non-hydrogen) atoms. The number of aromatic nitrogens is 1. The minimum atomic E-state index is -3.64. The Hall–Kier alpha value is -2.00. The molecule has 2 aromatic carbocycles. The van der Waals surface area contributed by atoms with Crippen LogP contribution in [0.4, 0.5) is 5.13 Å². The van der Waals surface area contributed by atoms with Crippen molar-refractivity contribution in [3.05, 3.63) is 52.5 Å². The van der Waals surface area contributed by atoms with Crippen molar-refractivity contribution < 1.29 is 13.2 Å². The third-order valence-corrected chi connectivity index (χ3v) is 7.74. The van der Waals surface area contributed by atoms with Crippen LogP contribution in [0.5, 0.6) is 0 Å².